The molecule has 8 heteroatoms. The van der Waals surface area contributed by atoms with Crippen LogP contribution in [-0.2, 0) is 6.18 Å². The molecule has 0 aliphatic rings. The molecule has 0 radical (unpaired) electrons. The van der Waals surface area contributed by atoms with Gasteiger partial charge in [-0.15, -0.1) is 11.3 Å². The zero-order valence-electron chi connectivity index (χ0n) is 12.7. The van der Waals surface area contributed by atoms with Crippen molar-refractivity contribution in [2.24, 2.45) is 0 Å². The van der Waals surface area contributed by atoms with Crippen LogP contribution in [0.3, 0.4) is 0 Å². The van der Waals surface area contributed by atoms with E-state index in [1.54, 1.807) is 0 Å². The van der Waals surface area contributed by atoms with Gasteiger partial charge in [0.2, 0.25) is 0 Å². The second-order valence-corrected chi connectivity index (χ2v) is 6.91. The number of urea groups is 1. The van der Waals surface area contributed by atoms with Gasteiger partial charge in [0.1, 0.15) is 0 Å². The summed E-state index contributed by atoms with van der Waals surface area (Å²) in [7, 11) is 0. The highest BCUT2D eigenvalue weighted by molar-refractivity contribution is 7.10. The van der Waals surface area contributed by atoms with E-state index in [9.17, 15) is 18.0 Å². The Morgan fingerprint density at radius 1 is 1.04 bits per heavy atom. The Balaban J connectivity index is 1.80. The van der Waals surface area contributed by atoms with E-state index in [1.807, 2.05) is 34.3 Å². The number of amides is 2. The number of anilines is 1. The summed E-state index contributed by atoms with van der Waals surface area (Å²) in [6.45, 7) is 0. The number of rotatable bonds is 4. The smallest absolute Gasteiger partial charge is 0.326 e. The maximum Gasteiger partial charge on any atom is 0.418 e. The SMILES string of the molecule is O=C(Nc1ccccc1C(F)(F)F)NC(c1ccsc1)c1cccs1. The standard InChI is InChI=1S/C17H13F3N2OS2/c18-17(19,20)12-4-1-2-5-13(12)21-16(23)22-15(11-7-9-24-10-11)14-6-3-8-25-14/h1-10,15H,(H2,21,22,23). The minimum atomic E-state index is -4.54. The van der Waals surface area contributed by atoms with Crippen molar-refractivity contribution in [3.8, 4) is 0 Å². The van der Waals surface area contributed by atoms with E-state index in [0.29, 0.717) is 0 Å². The summed E-state index contributed by atoms with van der Waals surface area (Å²) in [6, 6.07) is 9.39. The monoisotopic (exact) mass is 382 g/mol. The molecule has 0 aliphatic heterocycles. The zero-order chi connectivity index (χ0) is 17.9. The van der Waals surface area contributed by atoms with Crippen LogP contribution in [0.5, 0.6) is 0 Å². The van der Waals surface area contributed by atoms with E-state index in [4.69, 9.17) is 0 Å². The van der Waals surface area contributed by atoms with Gasteiger partial charge in [-0.05, 0) is 46.0 Å². The second-order valence-electron chi connectivity index (χ2n) is 5.15. The topological polar surface area (TPSA) is 41.1 Å². The van der Waals surface area contributed by atoms with Crippen molar-refractivity contribution >= 4 is 34.4 Å². The fraction of sp³-hybridized carbons (Fsp3) is 0.118. The van der Waals surface area contributed by atoms with Crippen LogP contribution in [0.2, 0.25) is 0 Å². The number of thiophene rings is 2. The maximum absolute atomic E-state index is 13.0. The summed E-state index contributed by atoms with van der Waals surface area (Å²) in [5.74, 6) is 0. The van der Waals surface area contributed by atoms with Crippen LogP contribution in [0.1, 0.15) is 22.0 Å². The van der Waals surface area contributed by atoms with Crippen molar-refractivity contribution in [1.82, 2.24) is 5.32 Å². The molecule has 2 heterocycles. The van der Waals surface area contributed by atoms with Crippen LogP contribution in [0.25, 0.3) is 0 Å². The molecule has 25 heavy (non-hydrogen) atoms. The predicted octanol–water partition coefficient (Wildman–Crippen LogP) is 5.74. The van der Waals surface area contributed by atoms with Gasteiger partial charge < -0.3 is 10.6 Å². The van der Waals surface area contributed by atoms with Crippen LogP contribution in [0, 0.1) is 0 Å². The van der Waals surface area contributed by atoms with Crippen molar-refractivity contribution in [3.05, 3.63) is 74.6 Å². The molecule has 1 atom stereocenters. The van der Waals surface area contributed by atoms with Gasteiger partial charge in [0, 0.05) is 4.88 Å². The van der Waals surface area contributed by atoms with Gasteiger partial charge in [0.05, 0.1) is 17.3 Å². The van der Waals surface area contributed by atoms with E-state index in [1.165, 1.54) is 40.9 Å². The van der Waals surface area contributed by atoms with E-state index in [2.05, 4.69) is 10.6 Å². The number of benzene rings is 1. The van der Waals surface area contributed by atoms with Gasteiger partial charge in [-0.1, -0.05) is 18.2 Å². The van der Waals surface area contributed by atoms with Gasteiger partial charge in [0.15, 0.2) is 0 Å². The molecule has 0 bridgehead atoms. The van der Waals surface area contributed by atoms with Crippen LogP contribution in [0.15, 0.2) is 58.6 Å². The molecule has 2 aromatic heterocycles. The average Bonchev–Trinajstić information content (AvgIpc) is 3.26. The predicted molar refractivity (Wildman–Crippen MR) is 94.1 cm³/mol. The van der Waals surface area contributed by atoms with Crippen molar-refractivity contribution in [3.63, 3.8) is 0 Å². The molecule has 3 rings (SSSR count). The van der Waals surface area contributed by atoms with E-state index in [0.717, 1.165) is 16.5 Å². The zero-order valence-corrected chi connectivity index (χ0v) is 14.3. The largest absolute Gasteiger partial charge is 0.418 e. The molecular formula is C17H13F3N2OS2. The van der Waals surface area contributed by atoms with Gasteiger partial charge in [-0.25, -0.2) is 4.79 Å². The summed E-state index contributed by atoms with van der Waals surface area (Å²) >= 11 is 2.95. The minimum absolute atomic E-state index is 0.275. The molecule has 0 saturated heterocycles. The molecule has 130 valence electrons. The molecule has 0 fully saturated rings. The number of carbonyl (C=O) groups is 1. The van der Waals surface area contributed by atoms with Gasteiger partial charge in [0.25, 0.3) is 0 Å². The van der Waals surface area contributed by atoms with E-state index >= 15 is 0 Å². The minimum Gasteiger partial charge on any atom is -0.326 e. The lowest BCUT2D eigenvalue weighted by atomic mass is 10.1. The number of carbonyl (C=O) groups excluding carboxylic acids is 1. The highest BCUT2D eigenvalue weighted by atomic mass is 32.1. The average molecular weight is 382 g/mol. The Bertz CT molecular complexity index is 796. The fourth-order valence-electron chi connectivity index (χ4n) is 2.34. The first-order valence-electron chi connectivity index (χ1n) is 7.24. The Kier molecular flexibility index (Phi) is 5.10. The quantitative estimate of drug-likeness (QED) is 0.594. The van der Waals surface area contributed by atoms with Gasteiger partial charge in [-0.2, -0.15) is 24.5 Å². The van der Waals surface area contributed by atoms with Gasteiger partial charge in [-0.3, -0.25) is 0 Å². The fourth-order valence-corrected chi connectivity index (χ4v) is 3.83. The van der Waals surface area contributed by atoms with Crippen molar-refractivity contribution in [2.45, 2.75) is 12.2 Å². The van der Waals surface area contributed by atoms with Crippen molar-refractivity contribution < 1.29 is 18.0 Å². The molecule has 3 aromatic rings. The number of para-hydroxylation sites is 1. The lowest BCUT2D eigenvalue weighted by Crippen LogP contribution is -2.33. The number of alkyl halides is 3. The first-order chi connectivity index (χ1) is 11.9. The Morgan fingerprint density at radius 2 is 1.84 bits per heavy atom. The molecule has 0 aliphatic carbocycles. The number of halogens is 3. The highest BCUT2D eigenvalue weighted by Gasteiger charge is 2.33. The Labute approximate surface area is 150 Å². The molecule has 3 nitrogen and oxygen atoms in total. The highest BCUT2D eigenvalue weighted by Crippen LogP contribution is 2.34. The van der Waals surface area contributed by atoms with Crippen LogP contribution < -0.4 is 10.6 Å². The molecule has 2 N–H and O–H groups in total. The third kappa shape index (κ3) is 4.21. The first-order valence-corrected chi connectivity index (χ1v) is 9.06. The molecule has 0 saturated carbocycles. The van der Waals surface area contributed by atoms with Gasteiger partial charge >= 0.3 is 12.2 Å². The normalized spacial score (nSPS) is 12.6. The van der Waals surface area contributed by atoms with Crippen LogP contribution in [-0.4, -0.2) is 6.03 Å². The lowest BCUT2D eigenvalue weighted by molar-refractivity contribution is -0.136. The summed E-state index contributed by atoms with van der Waals surface area (Å²) in [5, 5.41) is 10.7. The summed E-state index contributed by atoms with van der Waals surface area (Å²) in [5.41, 5.74) is -0.275. The van der Waals surface area contributed by atoms with Crippen LogP contribution >= 0.6 is 22.7 Å². The Morgan fingerprint density at radius 3 is 2.48 bits per heavy atom. The van der Waals surface area contributed by atoms with Crippen molar-refractivity contribution in [2.75, 3.05) is 5.32 Å². The lowest BCUT2D eigenvalue weighted by Gasteiger charge is -2.19. The van der Waals surface area contributed by atoms with Crippen molar-refractivity contribution in [1.29, 1.82) is 0 Å². The molecule has 2 amide bonds. The Hall–Kier alpha value is -2.32. The summed E-state index contributed by atoms with van der Waals surface area (Å²) in [6.07, 6.45) is -4.54. The third-order valence-electron chi connectivity index (χ3n) is 3.46. The third-order valence-corrected chi connectivity index (χ3v) is 5.10. The molecular weight excluding hydrogens is 369 g/mol. The second kappa shape index (κ2) is 7.28. The molecule has 0 spiro atoms. The van der Waals surface area contributed by atoms with Crippen LogP contribution in [0.4, 0.5) is 23.7 Å². The molecule has 1 aromatic carbocycles. The summed E-state index contributed by atoms with van der Waals surface area (Å²) < 4.78 is 39.1. The summed E-state index contributed by atoms with van der Waals surface area (Å²) in [4.78, 5) is 13.2. The number of hydrogen-bond donors (Lipinski definition) is 2. The number of nitrogens with one attached hydrogen (secondary N) is 2. The number of hydrogen-bond acceptors (Lipinski definition) is 3. The first kappa shape index (κ1) is 17.5. The van der Waals surface area contributed by atoms with E-state index < -0.39 is 23.8 Å². The maximum atomic E-state index is 13.0. The van der Waals surface area contributed by atoms with E-state index in [-0.39, 0.29) is 5.69 Å². The molecule has 1 unspecified atom stereocenters.